The summed E-state index contributed by atoms with van der Waals surface area (Å²) in [5.41, 5.74) is 0.541. The molecule has 0 fully saturated rings. The van der Waals surface area contributed by atoms with Crippen LogP contribution in [0.4, 0.5) is 4.39 Å². The number of fused-ring (bicyclic) bond motifs is 1. The molecule has 0 aliphatic rings. The van der Waals surface area contributed by atoms with Gasteiger partial charge in [-0.1, -0.05) is 35.3 Å². The molecule has 0 radical (unpaired) electrons. The first-order valence-corrected chi connectivity index (χ1v) is 9.60. The van der Waals surface area contributed by atoms with Gasteiger partial charge in [-0.05, 0) is 61.0 Å². The second-order valence-electron chi connectivity index (χ2n) is 6.56. The minimum absolute atomic E-state index is 0.0237. The van der Waals surface area contributed by atoms with Crippen LogP contribution in [0.15, 0.2) is 69.9 Å². The van der Waals surface area contributed by atoms with Crippen LogP contribution in [0.3, 0.4) is 0 Å². The van der Waals surface area contributed by atoms with Crippen molar-refractivity contribution < 1.29 is 18.3 Å². The number of rotatable bonds is 3. The van der Waals surface area contributed by atoms with Crippen LogP contribution in [0, 0.1) is 12.7 Å². The SMILES string of the molecule is Cc1cc2oc(-c3ccc(Cl)cc3)c(OC(=O)c3ccccc3F)c(=O)c2cc1Cl. The van der Waals surface area contributed by atoms with Crippen molar-refractivity contribution in [2.24, 2.45) is 0 Å². The molecule has 4 aromatic rings. The number of hydrogen-bond donors (Lipinski definition) is 0. The first-order valence-electron chi connectivity index (χ1n) is 8.85. The van der Waals surface area contributed by atoms with Crippen molar-refractivity contribution in [3.05, 3.63) is 97.9 Å². The van der Waals surface area contributed by atoms with E-state index < -0.39 is 17.2 Å². The van der Waals surface area contributed by atoms with Crippen molar-refractivity contribution in [2.75, 3.05) is 0 Å². The highest BCUT2D eigenvalue weighted by Crippen LogP contribution is 2.33. The number of aryl methyl sites for hydroxylation is 1. The van der Waals surface area contributed by atoms with Crippen LogP contribution in [0.1, 0.15) is 15.9 Å². The fourth-order valence-electron chi connectivity index (χ4n) is 2.96. The van der Waals surface area contributed by atoms with Crippen LogP contribution in [0.25, 0.3) is 22.3 Å². The summed E-state index contributed by atoms with van der Waals surface area (Å²) in [6, 6.07) is 14.9. The molecule has 7 heteroatoms. The normalized spacial score (nSPS) is 10.9. The van der Waals surface area contributed by atoms with Gasteiger partial charge in [-0.3, -0.25) is 4.79 Å². The highest BCUT2D eigenvalue weighted by atomic mass is 35.5. The predicted molar refractivity (Wildman–Crippen MR) is 114 cm³/mol. The molecule has 0 N–H and O–H groups in total. The van der Waals surface area contributed by atoms with Gasteiger partial charge in [0.05, 0.1) is 10.9 Å². The number of hydrogen-bond acceptors (Lipinski definition) is 4. The Bertz CT molecular complexity index is 1340. The summed E-state index contributed by atoms with van der Waals surface area (Å²) in [5.74, 6) is -2.12. The minimum atomic E-state index is -1.02. The van der Waals surface area contributed by atoms with Gasteiger partial charge in [0, 0.05) is 15.6 Å². The van der Waals surface area contributed by atoms with Crippen molar-refractivity contribution >= 4 is 40.1 Å². The average molecular weight is 443 g/mol. The van der Waals surface area contributed by atoms with E-state index in [1.165, 1.54) is 24.3 Å². The third-order valence-corrected chi connectivity index (χ3v) is 5.18. The largest absolute Gasteiger partial charge is 0.452 e. The van der Waals surface area contributed by atoms with Gasteiger partial charge in [0.15, 0.2) is 5.76 Å². The molecule has 30 heavy (non-hydrogen) atoms. The van der Waals surface area contributed by atoms with Gasteiger partial charge in [0.25, 0.3) is 0 Å². The predicted octanol–water partition coefficient (Wildman–Crippen LogP) is 6.43. The van der Waals surface area contributed by atoms with E-state index in [0.29, 0.717) is 21.2 Å². The quantitative estimate of drug-likeness (QED) is 0.342. The van der Waals surface area contributed by atoms with Gasteiger partial charge in [-0.15, -0.1) is 0 Å². The Kier molecular flexibility index (Phi) is 5.33. The van der Waals surface area contributed by atoms with Crippen molar-refractivity contribution in [3.63, 3.8) is 0 Å². The van der Waals surface area contributed by atoms with E-state index >= 15 is 0 Å². The smallest absolute Gasteiger partial charge is 0.346 e. The van der Waals surface area contributed by atoms with E-state index in [1.807, 2.05) is 0 Å². The molecule has 0 unspecified atom stereocenters. The van der Waals surface area contributed by atoms with Crippen LogP contribution in [0.5, 0.6) is 5.75 Å². The fourth-order valence-corrected chi connectivity index (χ4v) is 3.25. The van der Waals surface area contributed by atoms with Crippen LogP contribution in [-0.4, -0.2) is 5.97 Å². The Hall–Kier alpha value is -3.15. The minimum Gasteiger partial charge on any atom is -0.452 e. The summed E-state index contributed by atoms with van der Waals surface area (Å²) in [5, 5.41) is 0.981. The number of halogens is 3. The Morgan fingerprint density at radius 3 is 2.43 bits per heavy atom. The van der Waals surface area contributed by atoms with Gasteiger partial charge in [0.2, 0.25) is 11.2 Å². The zero-order valence-electron chi connectivity index (χ0n) is 15.5. The standard InChI is InChI=1S/C23H13Cl2FO4/c1-12-10-19-16(11-17(12)25)20(27)22(21(29-19)13-6-8-14(24)9-7-13)30-23(28)15-4-2-3-5-18(15)26/h2-11H,1H3. The lowest BCUT2D eigenvalue weighted by atomic mass is 10.1. The zero-order chi connectivity index (χ0) is 21.4. The van der Waals surface area contributed by atoms with Gasteiger partial charge in [-0.25, -0.2) is 9.18 Å². The molecule has 4 nitrogen and oxygen atoms in total. The first-order chi connectivity index (χ1) is 14.3. The Labute approximate surface area is 180 Å². The third-order valence-electron chi connectivity index (χ3n) is 4.52. The third kappa shape index (κ3) is 3.70. The molecule has 0 atom stereocenters. The molecule has 150 valence electrons. The van der Waals surface area contributed by atoms with Crippen molar-refractivity contribution in [3.8, 4) is 17.1 Å². The molecule has 0 saturated heterocycles. The Balaban J connectivity index is 1.94. The maximum atomic E-state index is 14.0. The molecular formula is C23H13Cl2FO4. The van der Waals surface area contributed by atoms with Crippen LogP contribution >= 0.6 is 23.2 Å². The van der Waals surface area contributed by atoms with E-state index in [4.69, 9.17) is 32.4 Å². The molecule has 0 spiro atoms. The highest BCUT2D eigenvalue weighted by Gasteiger charge is 2.23. The summed E-state index contributed by atoms with van der Waals surface area (Å²) in [6.07, 6.45) is 0. The maximum Gasteiger partial charge on any atom is 0.346 e. The van der Waals surface area contributed by atoms with Gasteiger partial charge >= 0.3 is 5.97 Å². The number of ether oxygens (including phenoxy) is 1. The van der Waals surface area contributed by atoms with Gasteiger partial charge in [0.1, 0.15) is 11.4 Å². The molecule has 0 bridgehead atoms. The zero-order valence-corrected chi connectivity index (χ0v) is 17.1. The second-order valence-corrected chi connectivity index (χ2v) is 7.41. The van der Waals surface area contributed by atoms with Crippen LogP contribution in [-0.2, 0) is 0 Å². The molecule has 0 aliphatic heterocycles. The molecule has 4 rings (SSSR count). The topological polar surface area (TPSA) is 56.5 Å². The molecule has 0 aliphatic carbocycles. The lowest BCUT2D eigenvalue weighted by molar-refractivity contribution is 0.0726. The summed E-state index contributed by atoms with van der Waals surface area (Å²) in [6.45, 7) is 1.77. The first kappa shape index (κ1) is 20.1. The molecule has 1 aromatic heterocycles. The molecule has 0 amide bonds. The van der Waals surface area contributed by atoms with E-state index in [2.05, 4.69) is 0 Å². The second kappa shape index (κ2) is 7.94. The molecule has 1 heterocycles. The number of carbonyl (C=O) groups excluding carboxylic acids is 1. The summed E-state index contributed by atoms with van der Waals surface area (Å²) < 4.78 is 25.3. The summed E-state index contributed by atoms with van der Waals surface area (Å²) in [4.78, 5) is 25.8. The summed E-state index contributed by atoms with van der Waals surface area (Å²) in [7, 11) is 0. The molecular weight excluding hydrogens is 430 g/mol. The van der Waals surface area contributed by atoms with Crippen molar-refractivity contribution in [1.82, 2.24) is 0 Å². The van der Waals surface area contributed by atoms with E-state index in [0.717, 1.165) is 6.07 Å². The van der Waals surface area contributed by atoms with Crippen molar-refractivity contribution in [2.45, 2.75) is 6.92 Å². The number of benzene rings is 3. The monoisotopic (exact) mass is 442 g/mol. The lowest BCUT2D eigenvalue weighted by Gasteiger charge is -2.12. The summed E-state index contributed by atoms with van der Waals surface area (Å²) >= 11 is 12.1. The van der Waals surface area contributed by atoms with Gasteiger partial charge < -0.3 is 9.15 Å². The highest BCUT2D eigenvalue weighted by molar-refractivity contribution is 6.32. The molecule has 0 saturated carbocycles. The number of esters is 1. The van der Waals surface area contributed by atoms with Crippen molar-refractivity contribution in [1.29, 1.82) is 0 Å². The molecule has 3 aromatic carbocycles. The number of carbonyl (C=O) groups is 1. The van der Waals surface area contributed by atoms with Crippen LogP contribution < -0.4 is 10.2 Å². The van der Waals surface area contributed by atoms with E-state index in [1.54, 1.807) is 37.3 Å². The lowest BCUT2D eigenvalue weighted by Crippen LogP contribution is -2.17. The van der Waals surface area contributed by atoms with E-state index in [-0.39, 0.29) is 28.0 Å². The Morgan fingerprint density at radius 2 is 1.73 bits per heavy atom. The average Bonchev–Trinajstić information content (AvgIpc) is 2.72. The van der Waals surface area contributed by atoms with E-state index in [9.17, 15) is 14.0 Å². The maximum absolute atomic E-state index is 14.0. The Morgan fingerprint density at radius 1 is 1.03 bits per heavy atom. The van der Waals surface area contributed by atoms with Gasteiger partial charge in [-0.2, -0.15) is 0 Å². The fraction of sp³-hybridized carbons (Fsp3) is 0.0435. The van der Waals surface area contributed by atoms with Crippen LogP contribution in [0.2, 0.25) is 10.0 Å².